The molecule has 3 aromatic rings. The van der Waals surface area contributed by atoms with Gasteiger partial charge < -0.3 is 18.9 Å². The topological polar surface area (TPSA) is 77.1 Å². The van der Waals surface area contributed by atoms with Crippen LogP contribution in [0.15, 0.2) is 72.8 Å². The highest BCUT2D eigenvalue weighted by Crippen LogP contribution is 2.37. The van der Waals surface area contributed by atoms with Crippen molar-refractivity contribution in [2.24, 2.45) is 5.92 Å². The summed E-state index contributed by atoms with van der Waals surface area (Å²) in [6.07, 6.45) is -0.310. The van der Waals surface area contributed by atoms with Crippen molar-refractivity contribution in [2.75, 3.05) is 11.9 Å². The number of nitrogens with one attached hydrogen (secondary N) is 1. The predicted octanol–water partition coefficient (Wildman–Crippen LogP) is 8.69. The standard InChI is InChI=1S/C34H44F2N2O5Si2/c1-23-22-41-34(40)38(23)33(39)30(20-21-31(43-45(5,6)7)24-8-12-26(35)13-9-24)32(37-28-16-14-27(36)15-17-28)25-10-18-29(19-11-25)42-44(2,3)4/h8-19,23,30-32,37H,20-22H2,1-7H3/t23-,30+,31?,32?/m0/s1. The van der Waals surface area contributed by atoms with Gasteiger partial charge in [-0.2, -0.15) is 0 Å². The van der Waals surface area contributed by atoms with E-state index >= 15 is 0 Å². The van der Waals surface area contributed by atoms with Gasteiger partial charge in [-0.05, 0) is 119 Å². The molecule has 4 rings (SSSR count). The number of ether oxygens (including phenoxy) is 1. The van der Waals surface area contributed by atoms with Gasteiger partial charge in [-0.25, -0.2) is 18.5 Å². The number of amides is 2. The highest BCUT2D eigenvalue weighted by molar-refractivity contribution is 6.70. The zero-order valence-electron chi connectivity index (χ0n) is 27.1. The summed E-state index contributed by atoms with van der Waals surface area (Å²) in [6, 6.07) is 18.7. The van der Waals surface area contributed by atoms with E-state index in [4.69, 9.17) is 13.6 Å². The number of hydrogen-bond donors (Lipinski definition) is 1. The molecular formula is C34H44F2N2O5Si2. The summed E-state index contributed by atoms with van der Waals surface area (Å²) in [6.45, 7) is 14.4. The molecule has 1 heterocycles. The van der Waals surface area contributed by atoms with Crippen LogP contribution in [0.5, 0.6) is 5.75 Å². The first-order valence-corrected chi connectivity index (χ1v) is 22.2. The average Bonchev–Trinajstić information content (AvgIpc) is 3.29. The first kappa shape index (κ1) is 34.3. The smallest absolute Gasteiger partial charge is 0.416 e. The Labute approximate surface area is 267 Å². The van der Waals surface area contributed by atoms with Gasteiger partial charge in [0.1, 0.15) is 24.0 Å². The summed E-state index contributed by atoms with van der Waals surface area (Å²) >= 11 is 0. The van der Waals surface area contributed by atoms with Crippen molar-refractivity contribution >= 4 is 34.3 Å². The second-order valence-corrected chi connectivity index (χ2v) is 22.4. The van der Waals surface area contributed by atoms with Gasteiger partial charge in [0.2, 0.25) is 14.2 Å². The minimum atomic E-state index is -2.07. The van der Waals surface area contributed by atoms with Gasteiger partial charge in [-0.3, -0.25) is 4.79 Å². The first-order valence-electron chi connectivity index (χ1n) is 15.3. The normalized spacial score (nSPS) is 17.4. The molecule has 0 aliphatic carbocycles. The van der Waals surface area contributed by atoms with E-state index in [0.717, 1.165) is 16.9 Å². The Morgan fingerprint density at radius 2 is 1.42 bits per heavy atom. The van der Waals surface area contributed by atoms with Gasteiger partial charge in [0.15, 0.2) is 8.32 Å². The fourth-order valence-electron chi connectivity index (χ4n) is 5.40. The molecule has 0 spiro atoms. The number of halogens is 2. The third kappa shape index (κ3) is 9.72. The molecule has 7 nitrogen and oxygen atoms in total. The number of hydrogen-bond acceptors (Lipinski definition) is 6. The fourth-order valence-corrected chi connectivity index (χ4v) is 7.35. The molecule has 1 N–H and O–H groups in total. The van der Waals surface area contributed by atoms with E-state index in [1.807, 2.05) is 24.3 Å². The molecule has 1 saturated heterocycles. The van der Waals surface area contributed by atoms with Crippen molar-refractivity contribution in [3.05, 3.63) is 95.6 Å². The summed E-state index contributed by atoms with van der Waals surface area (Å²) in [5.74, 6) is -1.11. The van der Waals surface area contributed by atoms with E-state index in [1.54, 1.807) is 31.2 Å². The van der Waals surface area contributed by atoms with E-state index in [9.17, 15) is 18.4 Å². The number of carbonyl (C=O) groups is 2. The number of nitrogens with zero attached hydrogens (tertiary/aromatic N) is 1. The molecule has 3 aromatic carbocycles. The molecule has 4 atom stereocenters. The van der Waals surface area contributed by atoms with Crippen LogP contribution in [0.1, 0.15) is 43.0 Å². The van der Waals surface area contributed by atoms with Crippen LogP contribution in [0.2, 0.25) is 39.3 Å². The van der Waals surface area contributed by atoms with E-state index in [-0.39, 0.29) is 24.1 Å². The maximum Gasteiger partial charge on any atom is 0.416 e. The summed E-state index contributed by atoms with van der Waals surface area (Å²) in [5, 5.41) is 3.46. The Kier molecular flexibility index (Phi) is 10.9. The highest BCUT2D eigenvalue weighted by atomic mass is 28.4. The predicted molar refractivity (Wildman–Crippen MR) is 177 cm³/mol. The molecule has 2 unspecified atom stereocenters. The number of carbonyl (C=O) groups excluding carboxylic acids is 2. The van der Waals surface area contributed by atoms with Crippen molar-refractivity contribution in [3.63, 3.8) is 0 Å². The Bertz CT molecular complexity index is 1440. The van der Waals surface area contributed by atoms with Crippen LogP contribution in [-0.4, -0.2) is 46.2 Å². The third-order valence-corrected chi connectivity index (χ3v) is 9.19. The zero-order valence-corrected chi connectivity index (χ0v) is 29.1. The van der Waals surface area contributed by atoms with Crippen LogP contribution in [0.3, 0.4) is 0 Å². The van der Waals surface area contributed by atoms with Crippen LogP contribution in [0.25, 0.3) is 0 Å². The van der Waals surface area contributed by atoms with E-state index in [1.165, 1.54) is 29.2 Å². The van der Waals surface area contributed by atoms with Crippen LogP contribution in [-0.2, 0) is 14.0 Å². The van der Waals surface area contributed by atoms with Crippen LogP contribution in [0, 0.1) is 17.6 Å². The van der Waals surface area contributed by atoms with Crippen LogP contribution in [0.4, 0.5) is 19.3 Å². The number of benzene rings is 3. The van der Waals surface area contributed by atoms with Gasteiger partial charge in [-0.15, -0.1) is 0 Å². The lowest BCUT2D eigenvalue weighted by Gasteiger charge is -2.33. The first-order chi connectivity index (χ1) is 21.1. The van der Waals surface area contributed by atoms with Crippen molar-refractivity contribution in [1.29, 1.82) is 0 Å². The van der Waals surface area contributed by atoms with Crippen LogP contribution < -0.4 is 9.74 Å². The number of rotatable bonds is 13. The van der Waals surface area contributed by atoms with Crippen molar-refractivity contribution in [1.82, 2.24) is 4.90 Å². The highest BCUT2D eigenvalue weighted by Gasteiger charge is 2.42. The van der Waals surface area contributed by atoms with Gasteiger partial charge >= 0.3 is 6.09 Å². The second-order valence-electron chi connectivity index (χ2n) is 13.5. The number of imide groups is 1. The van der Waals surface area contributed by atoms with E-state index in [0.29, 0.717) is 18.5 Å². The second kappa shape index (κ2) is 14.3. The molecule has 1 aliphatic heterocycles. The summed E-state index contributed by atoms with van der Waals surface area (Å²) in [4.78, 5) is 28.4. The lowest BCUT2D eigenvalue weighted by atomic mass is 9.85. The molecule has 0 radical (unpaired) electrons. The summed E-state index contributed by atoms with van der Waals surface area (Å²) in [7, 11) is -3.93. The minimum absolute atomic E-state index is 0.118. The molecule has 11 heteroatoms. The van der Waals surface area contributed by atoms with Crippen LogP contribution >= 0.6 is 0 Å². The average molecular weight is 655 g/mol. The summed E-state index contributed by atoms with van der Waals surface area (Å²) < 4.78 is 45.7. The van der Waals surface area contributed by atoms with Crippen molar-refractivity contribution in [2.45, 2.75) is 77.2 Å². The Hall–Kier alpha value is -3.55. The quantitative estimate of drug-likeness (QED) is 0.186. The lowest BCUT2D eigenvalue weighted by Crippen LogP contribution is -2.44. The SMILES string of the molecule is C[C@H]1COC(=O)N1C(=O)[C@H](CCC(O[Si](C)(C)C)c1ccc(F)cc1)C(Nc1ccc(F)cc1)c1ccc(O[Si](C)(C)C)cc1. The maximum atomic E-state index is 14.4. The molecule has 0 bridgehead atoms. The van der Waals surface area contributed by atoms with Gasteiger partial charge in [0.05, 0.1) is 24.1 Å². The molecule has 2 amide bonds. The van der Waals surface area contributed by atoms with Gasteiger partial charge in [0, 0.05) is 5.69 Å². The Morgan fingerprint density at radius 3 is 1.93 bits per heavy atom. The van der Waals surface area contributed by atoms with Crippen molar-refractivity contribution in [3.8, 4) is 5.75 Å². The Morgan fingerprint density at radius 1 is 0.867 bits per heavy atom. The monoisotopic (exact) mass is 654 g/mol. The van der Waals surface area contributed by atoms with Crippen molar-refractivity contribution < 1.29 is 32.0 Å². The lowest BCUT2D eigenvalue weighted by molar-refractivity contribution is -0.134. The van der Waals surface area contributed by atoms with Gasteiger partial charge in [0.25, 0.3) is 0 Å². The molecule has 242 valence electrons. The van der Waals surface area contributed by atoms with Gasteiger partial charge in [-0.1, -0.05) is 24.3 Å². The van der Waals surface area contributed by atoms with E-state index in [2.05, 4.69) is 44.6 Å². The fraction of sp³-hybridized carbons (Fsp3) is 0.412. The Balaban J connectivity index is 1.76. The molecule has 0 aromatic heterocycles. The molecule has 0 saturated carbocycles. The minimum Gasteiger partial charge on any atom is -0.544 e. The zero-order chi connectivity index (χ0) is 32.9. The maximum absolute atomic E-state index is 14.4. The molecule has 1 fully saturated rings. The number of anilines is 1. The number of cyclic esters (lactones) is 1. The third-order valence-electron chi connectivity index (χ3n) is 7.35. The molecule has 45 heavy (non-hydrogen) atoms. The molecule has 1 aliphatic rings. The molecular weight excluding hydrogens is 611 g/mol. The summed E-state index contributed by atoms with van der Waals surface area (Å²) in [5.41, 5.74) is 2.23. The largest absolute Gasteiger partial charge is 0.544 e. The van der Waals surface area contributed by atoms with E-state index < -0.39 is 46.8 Å².